The number of aromatic nitrogens is 4. The van der Waals surface area contributed by atoms with Crippen LogP contribution in [-0.4, -0.2) is 25.5 Å². The number of thiophene rings is 1. The average Bonchev–Trinajstić information content (AvgIpc) is 3.33. The molecule has 0 aliphatic carbocycles. The summed E-state index contributed by atoms with van der Waals surface area (Å²) in [4.78, 5) is 20.7. The second-order valence-electron chi connectivity index (χ2n) is 5.95. The van der Waals surface area contributed by atoms with Crippen molar-refractivity contribution in [2.75, 3.05) is 0 Å². The lowest BCUT2D eigenvalue weighted by Gasteiger charge is -2.03. The second-order valence-corrected chi connectivity index (χ2v) is 6.86. The molecule has 0 radical (unpaired) electrons. The van der Waals surface area contributed by atoms with E-state index in [1.54, 1.807) is 25.5 Å². The third-order valence-corrected chi connectivity index (χ3v) is 5.08. The standard InChI is InChI=1S/C20H16N4OS/c1-14(25)20-9-15(13-26-20)12-24-8-5-18(23-24)16-3-2-4-17(10-16)19-11-21-6-7-22-19/h2-11,13H,12H2,1H3. The maximum Gasteiger partial charge on any atom is 0.169 e. The van der Waals surface area contributed by atoms with Gasteiger partial charge in [0.05, 0.1) is 29.0 Å². The van der Waals surface area contributed by atoms with Crippen molar-refractivity contribution in [3.05, 3.63) is 77.0 Å². The molecule has 0 bridgehead atoms. The van der Waals surface area contributed by atoms with Crippen molar-refractivity contribution in [1.29, 1.82) is 0 Å². The molecule has 0 aliphatic rings. The molecule has 3 heterocycles. The van der Waals surface area contributed by atoms with Crippen LogP contribution in [-0.2, 0) is 6.54 Å². The first-order valence-electron chi connectivity index (χ1n) is 8.18. The van der Waals surface area contributed by atoms with Crippen LogP contribution in [0.2, 0.25) is 0 Å². The Bertz CT molecular complexity index is 1050. The van der Waals surface area contributed by atoms with E-state index >= 15 is 0 Å². The average molecular weight is 360 g/mol. The van der Waals surface area contributed by atoms with E-state index in [9.17, 15) is 4.79 Å². The van der Waals surface area contributed by atoms with Crippen molar-refractivity contribution in [3.8, 4) is 22.5 Å². The van der Waals surface area contributed by atoms with Gasteiger partial charge in [-0.05, 0) is 36.1 Å². The van der Waals surface area contributed by atoms with Gasteiger partial charge < -0.3 is 0 Å². The number of rotatable bonds is 5. The topological polar surface area (TPSA) is 60.7 Å². The van der Waals surface area contributed by atoms with Crippen LogP contribution in [0.1, 0.15) is 22.2 Å². The Morgan fingerprint density at radius 3 is 2.69 bits per heavy atom. The first-order chi connectivity index (χ1) is 12.7. The maximum atomic E-state index is 11.4. The number of carbonyl (C=O) groups excluding carboxylic acids is 1. The van der Waals surface area contributed by atoms with E-state index in [-0.39, 0.29) is 5.78 Å². The van der Waals surface area contributed by atoms with Gasteiger partial charge in [-0.2, -0.15) is 5.10 Å². The van der Waals surface area contributed by atoms with Crippen LogP contribution in [0, 0.1) is 0 Å². The summed E-state index contributed by atoms with van der Waals surface area (Å²) in [6, 6.07) is 12.0. The molecule has 0 spiro atoms. The van der Waals surface area contributed by atoms with E-state index in [4.69, 9.17) is 0 Å². The van der Waals surface area contributed by atoms with Gasteiger partial charge in [0.15, 0.2) is 5.78 Å². The van der Waals surface area contributed by atoms with Gasteiger partial charge in [-0.1, -0.05) is 18.2 Å². The molecule has 6 heteroatoms. The minimum atomic E-state index is 0.100. The summed E-state index contributed by atoms with van der Waals surface area (Å²) >= 11 is 1.48. The molecule has 0 unspecified atom stereocenters. The van der Waals surface area contributed by atoms with E-state index in [0.717, 1.165) is 33.0 Å². The molecule has 0 saturated carbocycles. The third kappa shape index (κ3) is 3.45. The van der Waals surface area contributed by atoms with Gasteiger partial charge in [-0.25, -0.2) is 0 Å². The predicted octanol–water partition coefficient (Wildman–Crippen LogP) is 4.32. The van der Waals surface area contributed by atoms with Gasteiger partial charge in [-0.15, -0.1) is 11.3 Å². The zero-order valence-corrected chi connectivity index (χ0v) is 15.0. The van der Waals surface area contributed by atoms with Gasteiger partial charge in [0.1, 0.15) is 0 Å². The number of carbonyl (C=O) groups is 1. The molecular formula is C20H16N4OS. The highest BCUT2D eigenvalue weighted by Crippen LogP contribution is 2.24. The summed E-state index contributed by atoms with van der Waals surface area (Å²) in [5.74, 6) is 0.100. The number of hydrogen-bond donors (Lipinski definition) is 0. The second kappa shape index (κ2) is 7.01. The number of hydrogen-bond acceptors (Lipinski definition) is 5. The summed E-state index contributed by atoms with van der Waals surface area (Å²) in [5.41, 5.74) is 4.86. The number of Topliss-reactive ketones (excluding diaryl/α,β-unsaturated/α-hetero) is 1. The molecule has 0 amide bonds. The van der Waals surface area contributed by atoms with Gasteiger partial charge in [0.25, 0.3) is 0 Å². The molecular weight excluding hydrogens is 344 g/mol. The van der Waals surface area contributed by atoms with Crippen molar-refractivity contribution in [3.63, 3.8) is 0 Å². The van der Waals surface area contributed by atoms with Crippen molar-refractivity contribution < 1.29 is 4.79 Å². The Morgan fingerprint density at radius 1 is 1.12 bits per heavy atom. The largest absolute Gasteiger partial charge is 0.294 e. The minimum absolute atomic E-state index is 0.100. The molecule has 4 rings (SSSR count). The highest BCUT2D eigenvalue weighted by Gasteiger charge is 2.08. The van der Waals surface area contributed by atoms with Crippen molar-refractivity contribution in [1.82, 2.24) is 19.7 Å². The molecule has 0 fully saturated rings. The Morgan fingerprint density at radius 2 is 1.96 bits per heavy atom. The van der Waals surface area contributed by atoms with Crippen LogP contribution in [0.3, 0.4) is 0 Å². The lowest BCUT2D eigenvalue weighted by molar-refractivity contribution is 0.102. The van der Waals surface area contributed by atoms with Crippen LogP contribution in [0.15, 0.2) is 66.6 Å². The molecule has 3 aromatic heterocycles. The summed E-state index contributed by atoms with van der Waals surface area (Å²) in [6.07, 6.45) is 7.06. The van der Waals surface area contributed by atoms with Crippen LogP contribution in [0.4, 0.5) is 0 Å². The molecule has 0 saturated heterocycles. The summed E-state index contributed by atoms with van der Waals surface area (Å²) in [6.45, 7) is 2.24. The van der Waals surface area contributed by atoms with Gasteiger partial charge in [0, 0.05) is 29.7 Å². The molecule has 128 valence electrons. The van der Waals surface area contributed by atoms with Crippen LogP contribution >= 0.6 is 11.3 Å². The Kier molecular flexibility index (Phi) is 4.41. The van der Waals surface area contributed by atoms with E-state index in [2.05, 4.69) is 21.1 Å². The van der Waals surface area contributed by atoms with Gasteiger partial charge in [0.2, 0.25) is 0 Å². The molecule has 26 heavy (non-hydrogen) atoms. The van der Waals surface area contributed by atoms with E-state index in [1.165, 1.54) is 11.3 Å². The fourth-order valence-electron chi connectivity index (χ4n) is 2.72. The van der Waals surface area contributed by atoms with E-state index in [0.29, 0.717) is 6.54 Å². The predicted molar refractivity (Wildman–Crippen MR) is 102 cm³/mol. The number of benzene rings is 1. The van der Waals surface area contributed by atoms with E-state index in [1.807, 2.05) is 46.6 Å². The maximum absolute atomic E-state index is 11.4. The molecule has 1 aromatic carbocycles. The van der Waals surface area contributed by atoms with Crippen molar-refractivity contribution >= 4 is 17.1 Å². The first kappa shape index (κ1) is 16.4. The fraction of sp³-hybridized carbons (Fsp3) is 0.100. The Balaban J connectivity index is 1.57. The van der Waals surface area contributed by atoms with E-state index < -0.39 is 0 Å². The highest BCUT2D eigenvalue weighted by atomic mass is 32.1. The number of nitrogens with zero attached hydrogens (tertiary/aromatic N) is 4. The fourth-order valence-corrected chi connectivity index (χ4v) is 3.53. The lowest BCUT2D eigenvalue weighted by atomic mass is 10.1. The molecule has 0 atom stereocenters. The van der Waals surface area contributed by atoms with Crippen LogP contribution < -0.4 is 0 Å². The quantitative estimate of drug-likeness (QED) is 0.497. The minimum Gasteiger partial charge on any atom is -0.294 e. The Labute approximate surface area is 155 Å². The zero-order chi connectivity index (χ0) is 17.9. The first-order valence-corrected chi connectivity index (χ1v) is 9.05. The SMILES string of the molecule is CC(=O)c1cc(Cn2ccc(-c3cccc(-c4cnccn4)c3)n2)cs1. The summed E-state index contributed by atoms with van der Waals surface area (Å²) in [5, 5.41) is 6.67. The molecule has 0 N–H and O–H groups in total. The van der Waals surface area contributed by atoms with Crippen LogP contribution in [0.25, 0.3) is 22.5 Å². The van der Waals surface area contributed by atoms with Crippen molar-refractivity contribution in [2.45, 2.75) is 13.5 Å². The molecule has 5 nitrogen and oxygen atoms in total. The highest BCUT2D eigenvalue weighted by molar-refractivity contribution is 7.12. The number of ketones is 1. The van der Waals surface area contributed by atoms with Crippen molar-refractivity contribution in [2.24, 2.45) is 0 Å². The smallest absolute Gasteiger partial charge is 0.169 e. The third-order valence-electron chi connectivity index (χ3n) is 4.00. The normalized spacial score (nSPS) is 10.8. The summed E-state index contributed by atoms with van der Waals surface area (Å²) in [7, 11) is 0. The zero-order valence-electron chi connectivity index (χ0n) is 14.2. The van der Waals surface area contributed by atoms with Crippen LogP contribution in [0.5, 0.6) is 0 Å². The summed E-state index contributed by atoms with van der Waals surface area (Å²) < 4.78 is 1.89. The molecule has 0 aliphatic heterocycles. The lowest BCUT2D eigenvalue weighted by Crippen LogP contribution is -1.99. The van der Waals surface area contributed by atoms with Gasteiger partial charge >= 0.3 is 0 Å². The monoisotopic (exact) mass is 360 g/mol. The van der Waals surface area contributed by atoms with Gasteiger partial charge in [-0.3, -0.25) is 19.4 Å². The molecule has 4 aromatic rings. The Hall–Kier alpha value is -3.12.